The number of rotatable bonds is 5. The van der Waals surface area contributed by atoms with E-state index in [0.29, 0.717) is 6.61 Å². The predicted molar refractivity (Wildman–Crippen MR) is 81.4 cm³/mol. The summed E-state index contributed by atoms with van der Waals surface area (Å²) < 4.78 is 14.3. The zero-order valence-electron chi connectivity index (χ0n) is 11.2. The van der Waals surface area contributed by atoms with E-state index < -0.39 is 0 Å². The Morgan fingerprint density at radius 1 is 1.10 bits per heavy atom. The van der Waals surface area contributed by atoms with Crippen LogP contribution in [0.25, 0.3) is 11.0 Å². The molecule has 1 N–H and O–H groups in total. The fourth-order valence-corrected chi connectivity index (χ4v) is 3.17. The van der Waals surface area contributed by atoms with E-state index in [9.17, 15) is 0 Å². The second-order valence-corrected chi connectivity index (χ2v) is 5.48. The summed E-state index contributed by atoms with van der Waals surface area (Å²) in [5.74, 6) is 0.911. The molecule has 1 aromatic heterocycles. The second-order valence-electron chi connectivity index (χ2n) is 4.37. The third kappa shape index (κ3) is 2.84. The van der Waals surface area contributed by atoms with Gasteiger partial charge in [-0.1, -0.05) is 0 Å². The first kappa shape index (κ1) is 13.2. The van der Waals surface area contributed by atoms with Crippen molar-refractivity contribution in [1.82, 2.24) is 7.96 Å². The number of nitrogens with one attached hydrogen (secondary N) is 1. The molecule has 0 saturated carbocycles. The van der Waals surface area contributed by atoms with Gasteiger partial charge in [0.2, 0.25) is 0 Å². The Balaban J connectivity index is 1.71. The molecular weight excluding hydrogens is 317 g/mol. The van der Waals surface area contributed by atoms with Gasteiger partial charge in [0.05, 0.1) is 0 Å². The third-order valence-electron chi connectivity index (χ3n) is 3.00. The summed E-state index contributed by atoms with van der Waals surface area (Å²) in [4.78, 5) is 0. The molecule has 0 amide bonds. The first-order valence-corrected chi connectivity index (χ1v) is 8.07. The van der Waals surface area contributed by atoms with Gasteiger partial charge in [-0.3, -0.25) is 0 Å². The first-order valence-electron chi connectivity index (χ1n) is 6.53. The molecule has 20 heavy (non-hydrogen) atoms. The molecule has 0 bridgehead atoms. The molecule has 0 atom stereocenters. The van der Waals surface area contributed by atoms with Gasteiger partial charge in [0, 0.05) is 0 Å². The number of nitrogens with zero attached hydrogens (tertiary/aromatic N) is 2. The Hall–Kier alpha value is -1.84. The van der Waals surface area contributed by atoms with Gasteiger partial charge >= 0.3 is 124 Å². The average molecular weight is 332 g/mol. The maximum absolute atomic E-state index is 5.44. The number of anilines is 1. The topological polar surface area (TPSA) is 47.0 Å². The average Bonchev–Trinajstić information content (AvgIpc) is 2.96. The zero-order valence-corrected chi connectivity index (χ0v) is 12.9. The standard InChI is InChI=1S/C15H15N3OSe/c1-2-19-12-8-6-11(7-9-12)10-16-13-4-3-5-14-15(13)18-20-17-14/h3-9,16H,2,10H2,1H3. The van der Waals surface area contributed by atoms with Gasteiger partial charge < -0.3 is 0 Å². The molecule has 0 saturated heterocycles. The first-order chi connectivity index (χ1) is 9.86. The van der Waals surface area contributed by atoms with Gasteiger partial charge in [-0.25, -0.2) is 0 Å². The van der Waals surface area contributed by atoms with Crippen molar-refractivity contribution in [1.29, 1.82) is 0 Å². The number of aromatic nitrogens is 2. The van der Waals surface area contributed by atoms with Crippen molar-refractivity contribution in [3.05, 3.63) is 48.0 Å². The molecule has 1 heterocycles. The van der Waals surface area contributed by atoms with E-state index in [-0.39, 0.29) is 15.0 Å². The zero-order chi connectivity index (χ0) is 13.8. The van der Waals surface area contributed by atoms with Crippen molar-refractivity contribution in [2.75, 3.05) is 11.9 Å². The van der Waals surface area contributed by atoms with Crippen molar-refractivity contribution >= 4 is 31.7 Å². The van der Waals surface area contributed by atoms with Crippen LogP contribution in [0.1, 0.15) is 12.5 Å². The molecule has 5 heteroatoms. The van der Waals surface area contributed by atoms with E-state index in [2.05, 4.69) is 25.4 Å². The minimum absolute atomic E-state index is 0.0132. The molecular formula is C15H15N3OSe. The van der Waals surface area contributed by atoms with E-state index in [0.717, 1.165) is 29.0 Å². The van der Waals surface area contributed by atoms with Gasteiger partial charge in [-0.15, -0.1) is 0 Å². The normalized spacial score (nSPS) is 10.7. The summed E-state index contributed by atoms with van der Waals surface area (Å²) in [5, 5.41) is 3.43. The molecule has 0 fully saturated rings. The molecule has 3 aromatic rings. The number of hydrogen-bond acceptors (Lipinski definition) is 4. The second kappa shape index (κ2) is 6.07. The molecule has 0 aliphatic heterocycles. The third-order valence-corrected chi connectivity index (χ3v) is 4.14. The van der Waals surface area contributed by atoms with E-state index in [4.69, 9.17) is 4.74 Å². The Morgan fingerprint density at radius 2 is 1.95 bits per heavy atom. The summed E-state index contributed by atoms with van der Waals surface area (Å²) in [6.07, 6.45) is 0. The summed E-state index contributed by atoms with van der Waals surface area (Å²) in [6.45, 7) is 3.45. The van der Waals surface area contributed by atoms with Crippen LogP contribution in [0.15, 0.2) is 42.5 Å². The van der Waals surface area contributed by atoms with E-state index in [1.54, 1.807) is 0 Å². The molecule has 4 nitrogen and oxygen atoms in total. The van der Waals surface area contributed by atoms with Crippen LogP contribution in [-0.2, 0) is 6.54 Å². The van der Waals surface area contributed by atoms with Gasteiger partial charge in [-0.2, -0.15) is 0 Å². The van der Waals surface area contributed by atoms with Crippen LogP contribution in [0.2, 0.25) is 0 Å². The van der Waals surface area contributed by atoms with E-state index in [1.165, 1.54) is 5.56 Å². The quantitative estimate of drug-likeness (QED) is 0.730. The SMILES string of the molecule is CCOc1ccc(CNc2cccc3n[se]nc23)cc1. The Morgan fingerprint density at radius 3 is 2.75 bits per heavy atom. The van der Waals surface area contributed by atoms with Crippen LogP contribution in [0.5, 0.6) is 5.75 Å². The maximum atomic E-state index is 5.44. The van der Waals surface area contributed by atoms with E-state index in [1.807, 2.05) is 37.3 Å². The van der Waals surface area contributed by atoms with E-state index >= 15 is 0 Å². The molecule has 3 rings (SSSR count). The van der Waals surface area contributed by atoms with Crippen molar-refractivity contribution in [2.45, 2.75) is 13.5 Å². The van der Waals surface area contributed by atoms with Crippen molar-refractivity contribution in [2.24, 2.45) is 0 Å². The molecule has 2 aromatic carbocycles. The number of ether oxygens (including phenoxy) is 1. The number of fused-ring (bicyclic) bond motifs is 1. The fraction of sp³-hybridized carbons (Fsp3) is 0.200. The molecule has 0 aliphatic carbocycles. The van der Waals surface area contributed by atoms with Crippen molar-refractivity contribution in [3.8, 4) is 5.75 Å². The van der Waals surface area contributed by atoms with Crippen LogP contribution in [0, 0.1) is 0 Å². The predicted octanol–water partition coefficient (Wildman–Crippen LogP) is 2.70. The number of benzene rings is 2. The molecule has 102 valence electrons. The van der Waals surface area contributed by atoms with Gasteiger partial charge in [-0.05, 0) is 0 Å². The minimum atomic E-state index is 0.0132. The van der Waals surface area contributed by atoms with Gasteiger partial charge in [0.25, 0.3) is 0 Å². The summed E-state index contributed by atoms with van der Waals surface area (Å²) in [6, 6.07) is 14.2. The molecule has 0 aliphatic rings. The van der Waals surface area contributed by atoms with Gasteiger partial charge in [0.15, 0.2) is 0 Å². The number of hydrogen-bond donors (Lipinski definition) is 1. The summed E-state index contributed by atoms with van der Waals surface area (Å²) >= 11 is 0.0132. The molecule has 0 unspecified atom stereocenters. The van der Waals surface area contributed by atoms with Crippen LogP contribution < -0.4 is 10.1 Å². The Kier molecular flexibility index (Phi) is 4.00. The monoisotopic (exact) mass is 333 g/mol. The van der Waals surface area contributed by atoms with Crippen molar-refractivity contribution in [3.63, 3.8) is 0 Å². The van der Waals surface area contributed by atoms with Crippen LogP contribution in [0.3, 0.4) is 0 Å². The summed E-state index contributed by atoms with van der Waals surface area (Å²) in [7, 11) is 0. The Bertz CT molecular complexity index is 694. The van der Waals surface area contributed by atoms with Gasteiger partial charge in [0.1, 0.15) is 0 Å². The summed E-state index contributed by atoms with van der Waals surface area (Å²) in [5.41, 5.74) is 4.27. The van der Waals surface area contributed by atoms with Crippen LogP contribution in [-0.4, -0.2) is 29.5 Å². The van der Waals surface area contributed by atoms with Crippen LogP contribution >= 0.6 is 0 Å². The molecule has 0 radical (unpaired) electrons. The van der Waals surface area contributed by atoms with Crippen molar-refractivity contribution < 1.29 is 4.74 Å². The van der Waals surface area contributed by atoms with Crippen LogP contribution in [0.4, 0.5) is 5.69 Å². The fourth-order valence-electron chi connectivity index (χ4n) is 2.02. The Labute approximate surface area is 124 Å². The molecule has 0 spiro atoms.